The van der Waals surface area contributed by atoms with Crippen molar-refractivity contribution < 1.29 is 27.5 Å². The van der Waals surface area contributed by atoms with Crippen molar-refractivity contribution in [3.63, 3.8) is 0 Å². The Balaban J connectivity index is 2.60. The van der Waals surface area contributed by atoms with E-state index in [1.54, 1.807) is 13.8 Å². The molecule has 0 aliphatic carbocycles. The van der Waals surface area contributed by atoms with Crippen LogP contribution in [0, 0.1) is 22.7 Å². The van der Waals surface area contributed by atoms with Crippen molar-refractivity contribution in [3.05, 3.63) is 29.8 Å². The number of hydrogen-bond donors (Lipinski definition) is 1. The lowest BCUT2D eigenvalue weighted by molar-refractivity contribution is -0.151. The highest BCUT2D eigenvalue weighted by molar-refractivity contribution is 7.89. The van der Waals surface area contributed by atoms with Gasteiger partial charge in [-0.05, 0) is 24.3 Å². The molecule has 0 bridgehead atoms. The number of carbonyl (C=O) groups is 3. The fourth-order valence-corrected chi connectivity index (χ4v) is 4.22. The summed E-state index contributed by atoms with van der Waals surface area (Å²) in [5.74, 6) is -2.02. The van der Waals surface area contributed by atoms with Crippen molar-refractivity contribution in [1.82, 2.24) is 14.5 Å². The van der Waals surface area contributed by atoms with E-state index in [1.807, 2.05) is 12.1 Å². The van der Waals surface area contributed by atoms with Crippen molar-refractivity contribution in [2.75, 3.05) is 39.3 Å². The third kappa shape index (κ3) is 8.52. The molecule has 1 aromatic carbocycles. The predicted octanol–water partition coefficient (Wildman–Crippen LogP) is 0.646. The number of esters is 1. The minimum Gasteiger partial charge on any atom is -0.454 e. The number of hydrogen-bond acceptors (Lipinski definition) is 8. The van der Waals surface area contributed by atoms with Gasteiger partial charge >= 0.3 is 5.97 Å². The molecule has 0 radical (unpaired) electrons. The van der Waals surface area contributed by atoms with Crippen LogP contribution in [0.15, 0.2) is 29.2 Å². The molecule has 1 N–H and O–H groups in total. The Morgan fingerprint density at radius 1 is 1.00 bits per heavy atom. The smallest absolute Gasteiger partial charge is 0.325 e. The zero-order chi connectivity index (χ0) is 24.9. The molecule has 178 valence electrons. The van der Waals surface area contributed by atoms with Crippen LogP contribution in [0.4, 0.5) is 0 Å². The summed E-state index contributed by atoms with van der Waals surface area (Å²) in [7, 11) is -3.65. The van der Waals surface area contributed by atoms with Gasteiger partial charge in [0.25, 0.3) is 11.8 Å². The van der Waals surface area contributed by atoms with Gasteiger partial charge in [-0.1, -0.05) is 13.8 Å². The molecule has 12 heteroatoms. The van der Waals surface area contributed by atoms with Crippen LogP contribution in [0.3, 0.4) is 0 Å². The van der Waals surface area contributed by atoms with Crippen LogP contribution >= 0.6 is 0 Å². The lowest BCUT2D eigenvalue weighted by Gasteiger charge is -2.20. The topological polar surface area (TPSA) is 161 Å². The molecule has 0 spiro atoms. The molecule has 0 aromatic heterocycles. The second kappa shape index (κ2) is 13.8. The second-order valence-corrected chi connectivity index (χ2v) is 8.59. The van der Waals surface area contributed by atoms with Crippen LogP contribution in [-0.4, -0.2) is 74.7 Å². The van der Waals surface area contributed by atoms with Crippen molar-refractivity contribution in [2.45, 2.75) is 31.6 Å². The fraction of sp³-hybridized carbons (Fsp3) is 0.476. The first kappa shape index (κ1) is 27.6. The van der Waals surface area contributed by atoms with E-state index in [0.717, 1.165) is 0 Å². The van der Waals surface area contributed by atoms with Gasteiger partial charge in [0.2, 0.25) is 10.0 Å². The van der Waals surface area contributed by atoms with Gasteiger partial charge in [0, 0.05) is 31.7 Å². The number of nitrogens with zero attached hydrogens (tertiary/aromatic N) is 4. The average molecular weight is 478 g/mol. The van der Waals surface area contributed by atoms with Crippen molar-refractivity contribution >= 4 is 27.8 Å². The SMILES string of the molecule is CCN(CC)S(=O)(=O)c1ccc(C(=O)NCC(=O)OCC(=O)N(CCC#N)CCC#N)cc1. The maximum absolute atomic E-state index is 12.5. The summed E-state index contributed by atoms with van der Waals surface area (Å²) in [5, 5.41) is 19.6. The number of sulfonamides is 1. The number of benzene rings is 1. The van der Waals surface area contributed by atoms with Crippen LogP contribution in [0.2, 0.25) is 0 Å². The van der Waals surface area contributed by atoms with Crippen LogP contribution < -0.4 is 5.32 Å². The number of amides is 2. The van der Waals surface area contributed by atoms with Crippen LogP contribution in [-0.2, 0) is 24.3 Å². The third-order valence-corrected chi connectivity index (χ3v) is 6.61. The quantitative estimate of drug-likeness (QED) is 0.405. The summed E-state index contributed by atoms with van der Waals surface area (Å²) in [4.78, 5) is 37.5. The summed E-state index contributed by atoms with van der Waals surface area (Å²) in [6, 6.07) is 9.10. The molecule has 33 heavy (non-hydrogen) atoms. The highest BCUT2D eigenvalue weighted by atomic mass is 32.2. The van der Waals surface area contributed by atoms with E-state index >= 15 is 0 Å². The van der Waals surface area contributed by atoms with E-state index in [-0.39, 0.29) is 36.4 Å². The largest absolute Gasteiger partial charge is 0.454 e. The summed E-state index contributed by atoms with van der Waals surface area (Å²) in [6.07, 6.45) is 0.159. The number of carbonyl (C=O) groups excluding carboxylic acids is 3. The monoisotopic (exact) mass is 477 g/mol. The van der Waals surface area contributed by atoms with E-state index in [2.05, 4.69) is 5.32 Å². The first-order chi connectivity index (χ1) is 15.7. The average Bonchev–Trinajstić information content (AvgIpc) is 2.81. The number of ether oxygens (including phenoxy) is 1. The van der Waals surface area contributed by atoms with E-state index in [0.29, 0.717) is 13.1 Å². The zero-order valence-corrected chi connectivity index (χ0v) is 19.4. The molecule has 0 saturated carbocycles. The molecule has 0 unspecified atom stereocenters. The van der Waals surface area contributed by atoms with Crippen molar-refractivity contribution in [3.8, 4) is 12.1 Å². The molecule has 1 aromatic rings. The number of nitriles is 2. The van der Waals surface area contributed by atoms with Gasteiger partial charge < -0.3 is 15.0 Å². The van der Waals surface area contributed by atoms with Gasteiger partial charge in [-0.3, -0.25) is 14.4 Å². The molecule has 1 rings (SSSR count). The van der Waals surface area contributed by atoms with Crippen LogP contribution in [0.25, 0.3) is 0 Å². The Morgan fingerprint density at radius 3 is 2.03 bits per heavy atom. The first-order valence-electron chi connectivity index (χ1n) is 10.3. The Kier molecular flexibility index (Phi) is 11.5. The summed E-state index contributed by atoms with van der Waals surface area (Å²) < 4.78 is 31.1. The van der Waals surface area contributed by atoms with Gasteiger partial charge in [-0.25, -0.2) is 8.42 Å². The number of nitrogens with one attached hydrogen (secondary N) is 1. The number of rotatable bonds is 13. The van der Waals surface area contributed by atoms with Crippen LogP contribution in [0.1, 0.15) is 37.0 Å². The normalized spacial score (nSPS) is 10.7. The maximum Gasteiger partial charge on any atom is 0.325 e. The Morgan fingerprint density at radius 2 is 1.55 bits per heavy atom. The van der Waals surface area contributed by atoms with Gasteiger partial charge in [0.15, 0.2) is 6.61 Å². The van der Waals surface area contributed by atoms with Gasteiger partial charge in [-0.2, -0.15) is 14.8 Å². The van der Waals surface area contributed by atoms with E-state index in [9.17, 15) is 22.8 Å². The van der Waals surface area contributed by atoms with Gasteiger partial charge in [-0.15, -0.1) is 0 Å². The molecule has 0 fully saturated rings. The third-order valence-electron chi connectivity index (χ3n) is 4.55. The van der Waals surface area contributed by atoms with E-state index < -0.39 is 41.0 Å². The minimum absolute atomic E-state index is 0.0537. The molecule has 0 heterocycles. The molecule has 2 amide bonds. The molecule has 0 aliphatic rings. The Bertz CT molecular complexity index is 989. The predicted molar refractivity (Wildman–Crippen MR) is 117 cm³/mol. The summed E-state index contributed by atoms with van der Waals surface area (Å²) in [5.41, 5.74) is 0.150. The molecule has 11 nitrogen and oxygen atoms in total. The molecule has 0 saturated heterocycles. The van der Waals surface area contributed by atoms with E-state index in [4.69, 9.17) is 15.3 Å². The Hall–Kier alpha value is -3.48. The zero-order valence-electron chi connectivity index (χ0n) is 18.6. The highest BCUT2D eigenvalue weighted by Gasteiger charge is 2.22. The second-order valence-electron chi connectivity index (χ2n) is 6.65. The lowest BCUT2D eigenvalue weighted by Crippen LogP contribution is -2.37. The highest BCUT2D eigenvalue weighted by Crippen LogP contribution is 2.16. The molecule has 0 aliphatic heterocycles. The lowest BCUT2D eigenvalue weighted by atomic mass is 10.2. The minimum atomic E-state index is -3.65. The van der Waals surface area contributed by atoms with Crippen LogP contribution in [0.5, 0.6) is 0 Å². The maximum atomic E-state index is 12.5. The summed E-state index contributed by atoms with van der Waals surface area (Å²) in [6.45, 7) is 3.25. The Labute approximate surface area is 193 Å². The standard InChI is InChI=1S/C21H27N5O6S/c1-3-26(4-2)33(30,31)18-9-7-17(8-10-18)21(29)24-15-20(28)32-16-19(27)25(13-5-11-22)14-6-12-23/h7-10H,3-6,13-16H2,1-2H3,(H,24,29). The molecule has 0 atom stereocenters. The van der Waals surface area contributed by atoms with Crippen molar-refractivity contribution in [2.24, 2.45) is 0 Å². The van der Waals surface area contributed by atoms with Crippen molar-refractivity contribution in [1.29, 1.82) is 10.5 Å². The molecular formula is C21H27N5O6S. The molecular weight excluding hydrogens is 450 g/mol. The fourth-order valence-electron chi connectivity index (χ4n) is 2.76. The first-order valence-corrected chi connectivity index (χ1v) is 11.7. The van der Waals surface area contributed by atoms with Gasteiger partial charge in [0.1, 0.15) is 6.54 Å². The van der Waals surface area contributed by atoms with Gasteiger partial charge in [0.05, 0.1) is 29.9 Å². The summed E-state index contributed by atoms with van der Waals surface area (Å²) >= 11 is 0. The van der Waals surface area contributed by atoms with E-state index in [1.165, 1.54) is 33.5 Å².